The molecule has 3 unspecified atom stereocenters. The lowest BCUT2D eigenvalue weighted by Gasteiger charge is -2.16. The molecule has 1 N–H and O–H groups in total. The van der Waals surface area contributed by atoms with Gasteiger partial charge in [-0.3, -0.25) is 4.79 Å². The third-order valence-electron chi connectivity index (χ3n) is 3.61. The monoisotopic (exact) mass is 225 g/mol. The third-order valence-corrected chi connectivity index (χ3v) is 3.61. The van der Waals surface area contributed by atoms with Crippen LogP contribution >= 0.6 is 0 Å². The second-order valence-electron chi connectivity index (χ2n) is 4.91. The number of nitrogens with one attached hydrogen (secondary N) is 1. The molecule has 2 aliphatic carbocycles. The summed E-state index contributed by atoms with van der Waals surface area (Å²) in [6, 6.07) is -0.524. The number of hydrogen-bond donors (Lipinski definition) is 1. The van der Waals surface area contributed by atoms with Crippen molar-refractivity contribution in [1.82, 2.24) is 5.32 Å². The van der Waals surface area contributed by atoms with Crippen molar-refractivity contribution in [1.29, 1.82) is 0 Å². The largest absolute Gasteiger partial charge is 0.464 e. The van der Waals surface area contributed by atoms with Crippen LogP contribution in [0.5, 0.6) is 0 Å². The number of esters is 1. The maximum Gasteiger partial charge on any atom is 0.328 e. The zero-order valence-electron chi connectivity index (χ0n) is 9.86. The first-order valence-electron chi connectivity index (χ1n) is 6.08. The molecule has 2 aliphatic rings. The molecule has 4 heteroatoms. The van der Waals surface area contributed by atoms with Crippen LogP contribution in [-0.2, 0) is 14.3 Å². The smallest absolute Gasteiger partial charge is 0.328 e. The Morgan fingerprint density at radius 1 is 1.31 bits per heavy atom. The van der Waals surface area contributed by atoms with Gasteiger partial charge in [0.05, 0.1) is 6.61 Å². The highest BCUT2D eigenvalue weighted by Gasteiger charge is 2.48. The molecule has 0 spiro atoms. The maximum atomic E-state index is 11.8. The summed E-state index contributed by atoms with van der Waals surface area (Å²) in [7, 11) is 0. The van der Waals surface area contributed by atoms with Gasteiger partial charge < -0.3 is 10.1 Å². The molecule has 4 nitrogen and oxygen atoms in total. The SMILES string of the molecule is CCOC(=O)C(C)NC(=O)C1CC2CC2C1. The van der Waals surface area contributed by atoms with Crippen LogP contribution in [-0.4, -0.2) is 24.5 Å². The molecule has 90 valence electrons. The average molecular weight is 225 g/mol. The van der Waals surface area contributed by atoms with Gasteiger partial charge in [-0.15, -0.1) is 0 Å². The third kappa shape index (κ3) is 2.36. The number of hydrogen-bond acceptors (Lipinski definition) is 3. The number of ether oxygens (including phenoxy) is 1. The van der Waals surface area contributed by atoms with Gasteiger partial charge in [0.25, 0.3) is 0 Å². The van der Waals surface area contributed by atoms with E-state index in [1.165, 1.54) is 6.42 Å². The lowest BCUT2D eigenvalue weighted by Crippen LogP contribution is -2.42. The number of fused-ring (bicyclic) bond motifs is 1. The van der Waals surface area contributed by atoms with E-state index in [9.17, 15) is 9.59 Å². The van der Waals surface area contributed by atoms with E-state index in [-0.39, 0.29) is 17.8 Å². The summed E-state index contributed by atoms with van der Waals surface area (Å²) >= 11 is 0. The van der Waals surface area contributed by atoms with Crippen LogP contribution in [0.4, 0.5) is 0 Å². The van der Waals surface area contributed by atoms with Crippen molar-refractivity contribution >= 4 is 11.9 Å². The van der Waals surface area contributed by atoms with Crippen LogP contribution in [0.25, 0.3) is 0 Å². The standard InChI is InChI=1S/C12H19NO3/c1-3-16-12(15)7(2)13-11(14)10-5-8-4-9(8)6-10/h7-10H,3-6H2,1-2H3,(H,13,14). The van der Waals surface area contributed by atoms with Crippen molar-refractivity contribution in [3.63, 3.8) is 0 Å². The van der Waals surface area contributed by atoms with Crippen molar-refractivity contribution in [3.8, 4) is 0 Å². The number of carbonyl (C=O) groups is 2. The van der Waals surface area contributed by atoms with Crippen molar-refractivity contribution in [2.75, 3.05) is 6.61 Å². The molecule has 0 aromatic heterocycles. The molecule has 16 heavy (non-hydrogen) atoms. The Morgan fingerprint density at radius 3 is 2.50 bits per heavy atom. The zero-order valence-corrected chi connectivity index (χ0v) is 9.86. The fourth-order valence-electron chi connectivity index (χ4n) is 2.59. The quantitative estimate of drug-likeness (QED) is 0.729. The molecule has 0 saturated heterocycles. The molecule has 1 amide bonds. The van der Waals surface area contributed by atoms with Crippen molar-refractivity contribution in [3.05, 3.63) is 0 Å². The van der Waals surface area contributed by atoms with Gasteiger partial charge in [-0.25, -0.2) is 4.79 Å². The Labute approximate surface area is 95.7 Å². The summed E-state index contributed by atoms with van der Waals surface area (Å²) in [6.07, 6.45) is 3.31. The van der Waals surface area contributed by atoms with Crippen molar-refractivity contribution in [2.45, 2.75) is 39.2 Å². The van der Waals surface area contributed by atoms with Crippen LogP contribution in [0.15, 0.2) is 0 Å². The fraction of sp³-hybridized carbons (Fsp3) is 0.833. The summed E-state index contributed by atoms with van der Waals surface area (Å²) in [5, 5.41) is 2.73. The minimum atomic E-state index is -0.524. The highest BCUT2D eigenvalue weighted by molar-refractivity contribution is 5.85. The molecular formula is C12H19NO3. The van der Waals surface area contributed by atoms with E-state index in [0.29, 0.717) is 6.61 Å². The number of amides is 1. The second kappa shape index (κ2) is 4.44. The maximum absolute atomic E-state index is 11.8. The van der Waals surface area contributed by atoms with Crippen LogP contribution in [0.3, 0.4) is 0 Å². The van der Waals surface area contributed by atoms with Crippen LogP contribution < -0.4 is 5.32 Å². The van der Waals surface area contributed by atoms with Crippen LogP contribution in [0.1, 0.15) is 33.1 Å². The predicted octanol–water partition coefficient (Wildman–Crippen LogP) is 1.10. The first kappa shape index (κ1) is 11.4. The summed E-state index contributed by atoms with van der Waals surface area (Å²) in [6.45, 7) is 3.79. The average Bonchev–Trinajstić information content (AvgIpc) is 2.86. The van der Waals surface area contributed by atoms with E-state index in [4.69, 9.17) is 4.74 Å². The van der Waals surface area contributed by atoms with Gasteiger partial charge in [0, 0.05) is 5.92 Å². The molecular weight excluding hydrogens is 206 g/mol. The molecule has 0 aromatic rings. The van der Waals surface area contributed by atoms with E-state index in [0.717, 1.165) is 24.7 Å². The number of rotatable bonds is 4. The Kier molecular flexibility index (Phi) is 3.17. The Balaban J connectivity index is 1.76. The van der Waals surface area contributed by atoms with E-state index >= 15 is 0 Å². The molecule has 3 atom stereocenters. The Hall–Kier alpha value is -1.06. The summed E-state index contributed by atoms with van der Waals surface area (Å²) in [4.78, 5) is 23.1. The molecule has 0 heterocycles. The first-order valence-corrected chi connectivity index (χ1v) is 6.08. The van der Waals surface area contributed by atoms with Crippen LogP contribution in [0, 0.1) is 17.8 Å². The molecule has 0 radical (unpaired) electrons. The number of carbonyl (C=O) groups excluding carboxylic acids is 2. The molecule has 2 fully saturated rings. The van der Waals surface area contributed by atoms with Crippen molar-refractivity contribution in [2.24, 2.45) is 17.8 Å². The summed E-state index contributed by atoms with van der Waals surface area (Å²) in [5.74, 6) is 1.37. The van der Waals surface area contributed by atoms with E-state index in [2.05, 4.69) is 5.32 Å². The highest BCUT2D eigenvalue weighted by atomic mass is 16.5. The topological polar surface area (TPSA) is 55.4 Å². The zero-order chi connectivity index (χ0) is 11.7. The molecule has 0 aromatic carbocycles. The highest BCUT2D eigenvalue weighted by Crippen LogP contribution is 2.54. The van der Waals surface area contributed by atoms with Crippen LogP contribution in [0.2, 0.25) is 0 Å². The van der Waals surface area contributed by atoms with Gasteiger partial charge in [0.2, 0.25) is 5.91 Å². The summed E-state index contributed by atoms with van der Waals surface area (Å²) in [5.41, 5.74) is 0. The Morgan fingerprint density at radius 2 is 1.94 bits per heavy atom. The minimum Gasteiger partial charge on any atom is -0.464 e. The van der Waals surface area contributed by atoms with E-state index < -0.39 is 6.04 Å². The van der Waals surface area contributed by atoms with Gasteiger partial charge in [-0.05, 0) is 44.9 Å². The van der Waals surface area contributed by atoms with Crippen molar-refractivity contribution < 1.29 is 14.3 Å². The predicted molar refractivity (Wildman–Crippen MR) is 58.6 cm³/mol. The van der Waals surface area contributed by atoms with E-state index in [1.807, 2.05) is 0 Å². The first-order chi connectivity index (χ1) is 7.61. The van der Waals surface area contributed by atoms with Gasteiger partial charge >= 0.3 is 5.97 Å². The molecule has 2 saturated carbocycles. The normalized spacial score (nSPS) is 32.8. The molecule has 0 aliphatic heterocycles. The fourth-order valence-corrected chi connectivity index (χ4v) is 2.59. The Bertz CT molecular complexity index is 293. The van der Waals surface area contributed by atoms with E-state index in [1.54, 1.807) is 13.8 Å². The van der Waals surface area contributed by atoms with Gasteiger partial charge in [0.1, 0.15) is 6.04 Å². The molecule has 0 bridgehead atoms. The lowest BCUT2D eigenvalue weighted by atomic mass is 10.0. The van der Waals surface area contributed by atoms with Gasteiger partial charge in [0.15, 0.2) is 0 Å². The molecule has 2 rings (SSSR count). The van der Waals surface area contributed by atoms with Gasteiger partial charge in [-0.2, -0.15) is 0 Å². The minimum absolute atomic E-state index is 0.0211. The second-order valence-corrected chi connectivity index (χ2v) is 4.91. The van der Waals surface area contributed by atoms with Gasteiger partial charge in [-0.1, -0.05) is 0 Å². The summed E-state index contributed by atoms with van der Waals surface area (Å²) < 4.78 is 4.84. The lowest BCUT2D eigenvalue weighted by molar-refractivity contribution is -0.147.